The highest BCUT2D eigenvalue weighted by Gasteiger charge is 2.31. The van der Waals surface area contributed by atoms with Crippen LogP contribution in [0, 0.1) is 11.7 Å². The lowest BCUT2D eigenvalue weighted by Gasteiger charge is -2.35. The molecule has 1 saturated heterocycles. The zero-order valence-corrected chi connectivity index (χ0v) is 17.7. The van der Waals surface area contributed by atoms with Gasteiger partial charge in [-0.2, -0.15) is 5.10 Å². The minimum absolute atomic E-state index is 0.0329. The van der Waals surface area contributed by atoms with Gasteiger partial charge in [0.25, 0.3) is 5.91 Å². The van der Waals surface area contributed by atoms with Crippen molar-refractivity contribution in [3.8, 4) is 5.69 Å². The molecule has 2 aromatic rings. The number of halogens is 1. The van der Waals surface area contributed by atoms with Gasteiger partial charge in [-0.15, -0.1) is 0 Å². The first-order valence-electron chi connectivity index (χ1n) is 10.9. The third-order valence-corrected chi connectivity index (χ3v) is 6.08. The van der Waals surface area contributed by atoms with Crippen LogP contribution in [0.25, 0.3) is 5.69 Å². The van der Waals surface area contributed by atoms with E-state index in [1.54, 1.807) is 12.1 Å². The van der Waals surface area contributed by atoms with Crippen LogP contribution >= 0.6 is 0 Å². The third kappa shape index (κ3) is 3.98. The molecule has 0 N–H and O–H groups in total. The monoisotopic (exact) mass is 412 g/mol. The molecule has 160 valence electrons. The van der Waals surface area contributed by atoms with Gasteiger partial charge in [-0.25, -0.2) is 9.07 Å². The molecule has 2 heterocycles. The number of rotatable bonds is 3. The Morgan fingerprint density at radius 2 is 1.57 bits per heavy atom. The molecule has 1 aromatic carbocycles. The number of piperazine rings is 1. The van der Waals surface area contributed by atoms with Crippen LogP contribution in [0.5, 0.6) is 0 Å². The number of amides is 2. The number of nitrogens with zero attached hydrogens (tertiary/aromatic N) is 4. The quantitative estimate of drug-likeness (QED) is 0.728. The van der Waals surface area contributed by atoms with Gasteiger partial charge in [-0.3, -0.25) is 9.59 Å². The normalized spacial score (nSPS) is 17.1. The van der Waals surface area contributed by atoms with Gasteiger partial charge in [0.05, 0.1) is 5.69 Å². The Kier molecular flexibility index (Phi) is 5.88. The van der Waals surface area contributed by atoms with Crippen molar-refractivity contribution >= 4 is 11.8 Å². The van der Waals surface area contributed by atoms with Gasteiger partial charge in [0.2, 0.25) is 5.91 Å². The molecule has 1 fully saturated rings. The summed E-state index contributed by atoms with van der Waals surface area (Å²) in [6, 6.07) is 6.26. The zero-order chi connectivity index (χ0) is 21.3. The highest BCUT2D eigenvalue weighted by atomic mass is 19.1. The van der Waals surface area contributed by atoms with E-state index >= 15 is 0 Å². The molecular weight excluding hydrogens is 383 g/mol. The number of carbonyl (C=O) groups excluding carboxylic acids is 2. The largest absolute Gasteiger partial charge is 0.339 e. The van der Waals surface area contributed by atoms with Crippen LogP contribution in [0.1, 0.15) is 54.9 Å². The zero-order valence-electron chi connectivity index (χ0n) is 17.7. The van der Waals surface area contributed by atoms with Crippen molar-refractivity contribution < 1.29 is 14.0 Å². The number of benzene rings is 1. The summed E-state index contributed by atoms with van der Waals surface area (Å²) in [6.45, 7) is 5.96. The van der Waals surface area contributed by atoms with Gasteiger partial charge < -0.3 is 9.80 Å². The van der Waals surface area contributed by atoms with Gasteiger partial charge in [-0.1, -0.05) is 20.3 Å². The first kappa shape index (κ1) is 20.6. The molecule has 1 aromatic heterocycles. The summed E-state index contributed by atoms with van der Waals surface area (Å²) in [5, 5.41) is 4.71. The van der Waals surface area contributed by atoms with Crippen LogP contribution in [-0.2, 0) is 17.6 Å². The molecule has 1 aliphatic heterocycles. The van der Waals surface area contributed by atoms with Crippen molar-refractivity contribution in [2.45, 2.75) is 46.0 Å². The van der Waals surface area contributed by atoms with E-state index in [0.717, 1.165) is 49.0 Å². The minimum Gasteiger partial charge on any atom is -0.339 e. The molecule has 7 heteroatoms. The van der Waals surface area contributed by atoms with E-state index in [9.17, 15) is 14.0 Å². The second kappa shape index (κ2) is 8.58. The molecule has 0 unspecified atom stereocenters. The Balaban J connectivity index is 1.60. The predicted molar refractivity (Wildman–Crippen MR) is 112 cm³/mol. The summed E-state index contributed by atoms with van der Waals surface area (Å²) in [5.41, 5.74) is 3.39. The van der Waals surface area contributed by atoms with Crippen LogP contribution < -0.4 is 0 Å². The molecule has 0 saturated carbocycles. The lowest BCUT2D eigenvalue weighted by molar-refractivity contribution is -0.135. The first-order valence-corrected chi connectivity index (χ1v) is 10.9. The van der Waals surface area contributed by atoms with E-state index in [1.165, 1.54) is 12.1 Å². The summed E-state index contributed by atoms with van der Waals surface area (Å²) in [6.07, 6.45) is 4.93. The number of carbonyl (C=O) groups is 2. The van der Waals surface area contributed by atoms with Crippen molar-refractivity contribution in [1.82, 2.24) is 19.6 Å². The van der Waals surface area contributed by atoms with E-state index in [0.29, 0.717) is 31.9 Å². The van der Waals surface area contributed by atoms with Gasteiger partial charge in [0, 0.05) is 43.4 Å². The average molecular weight is 413 g/mol. The first-order chi connectivity index (χ1) is 14.5. The highest BCUT2D eigenvalue weighted by molar-refractivity contribution is 5.94. The van der Waals surface area contributed by atoms with E-state index in [2.05, 4.69) is 0 Å². The summed E-state index contributed by atoms with van der Waals surface area (Å²) >= 11 is 0. The van der Waals surface area contributed by atoms with Crippen LogP contribution in [-0.4, -0.2) is 57.6 Å². The van der Waals surface area contributed by atoms with Crippen LogP contribution in [0.2, 0.25) is 0 Å². The Bertz CT molecular complexity index is 927. The lowest BCUT2D eigenvalue weighted by atomic mass is 10.1. The Hall–Kier alpha value is -2.70. The fourth-order valence-corrected chi connectivity index (χ4v) is 4.39. The van der Waals surface area contributed by atoms with E-state index in [-0.39, 0.29) is 23.5 Å². The number of hydrogen-bond donors (Lipinski definition) is 0. The number of hydrogen-bond acceptors (Lipinski definition) is 3. The van der Waals surface area contributed by atoms with Crippen molar-refractivity contribution in [2.75, 3.05) is 26.2 Å². The standard InChI is InChI=1S/C23H29FN4O2/c1-16(2)22(29)26-12-14-27(15-13-26)23(30)21-19-6-4-3-5-7-20(19)28(25-21)18-10-8-17(24)9-11-18/h8-11,16H,3-7,12-15H2,1-2H3. The van der Waals surface area contributed by atoms with Gasteiger partial charge in [0.1, 0.15) is 5.82 Å². The summed E-state index contributed by atoms with van der Waals surface area (Å²) in [5.74, 6) is -0.251. The van der Waals surface area contributed by atoms with Crippen LogP contribution in [0.15, 0.2) is 24.3 Å². The van der Waals surface area contributed by atoms with Gasteiger partial charge in [0.15, 0.2) is 5.69 Å². The SMILES string of the molecule is CC(C)C(=O)N1CCN(C(=O)c2nn(-c3ccc(F)cc3)c3c2CCCCC3)CC1. The summed E-state index contributed by atoms with van der Waals surface area (Å²) in [4.78, 5) is 29.3. The van der Waals surface area contributed by atoms with Crippen molar-refractivity contribution in [3.05, 3.63) is 47.0 Å². The maximum Gasteiger partial charge on any atom is 0.274 e. The maximum atomic E-state index is 13.4. The molecule has 2 aliphatic rings. The fourth-order valence-electron chi connectivity index (χ4n) is 4.39. The van der Waals surface area contributed by atoms with Gasteiger partial charge in [-0.05, 0) is 49.9 Å². The molecule has 1 aliphatic carbocycles. The smallest absolute Gasteiger partial charge is 0.274 e. The second-order valence-electron chi connectivity index (χ2n) is 8.49. The lowest BCUT2D eigenvalue weighted by Crippen LogP contribution is -2.51. The highest BCUT2D eigenvalue weighted by Crippen LogP contribution is 2.27. The maximum absolute atomic E-state index is 13.4. The van der Waals surface area contributed by atoms with E-state index < -0.39 is 0 Å². The van der Waals surface area contributed by atoms with E-state index in [4.69, 9.17) is 5.10 Å². The number of aromatic nitrogens is 2. The molecule has 0 bridgehead atoms. The number of fused-ring (bicyclic) bond motifs is 1. The van der Waals surface area contributed by atoms with Gasteiger partial charge >= 0.3 is 0 Å². The average Bonchev–Trinajstić information content (AvgIpc) is 2.94. The molecule has 2 amide bonds. The minimum atomic E-state index is -0.290. The molecular formula is C23H29FN4O2. The van der Waals surface area contributed by atoms with Crippen LogP contribution in [0.3, 0.4) is 0 Å². The molecule has 4 rings (SSSR count). The van der Waals surface area contributed by atoms with E-state index in [1.807, 2.05) is 28.3 Å². The topological polar surface area (TPSA) is 58.4 Å². The van der Waals surface area contributed by atoms with Crippen molar-refractivity contribution in [2.24, 2.45) is 5.92 Å². The fraction of sp³-hybridized carbons (Fsp3) is 0.522. The Labute approximate surface area is 176 Å². The second-order valence-corrected chi connectivity index (χ2v) is 8.49. The molecule has 0 spiro atoms. The Morgan fingerprint density at radius 3 is 2.23 bits per heavy atom. The van der Waals surface area contributed by atoms with Crippen molar-refractivity contribution in [3.63, 3.8) is 0 Å². The summed E-state index contributed by atoms with van der Waals surface area (Å²) in [7, 11) is 0. The Morgan fingerprint density at radius 1 is 0.933 bits per heavy atom. The predicted octanol–water partition coefficient (Wildman–Crippen LogP) is 3.22. The van der Waals surface area contributed by atoms with Crippen molar-refractivity contribution in [1.29, 1.82) is 0 Å². The molecule has 0 radical (unpaired) electrons. The molecule has 30 heavy (non-hydrogen) atoms. The molecule has 0 atom stereocenters. The summed E-state index contributed by atoms with van der Waals surface area (Å²) < 4.78 is 15.2. The molecule has 6 nitrogen and oxygen atoms in total. The third-order valence-electron chi connectivity index (χ3n) is 6.08. The van der Waals surface area contributed by atoms with Crippen LogP contribution in [0.4, 0.5) is 4.39 Å².